The number of imidazole rings is 1. The Balaban J connectivity index is 1.71. The van der Waals surface area contributed by atoms with Crippen LogP contribution in [0.3, 0.4) is 0 Å². The molecule has 1 aromatic heterocycles. The second-order valence-electron chi connectivity index (χ2n) is 6.92. The van der Waals surface area contributed by atoms with E-state index in [1.54, 1.807) is 6.07 Å². The lowest BCUT2D eigenvalue weighted by molar-refractivity contribution is 0.245. The van der Waals surface area contributed by atoms with Gasteiger partial charge in [0, 0.05) is 44.1 Å². The van der Waals surface area contributed by atoms with E-state index in [4.69, 9.17) is 0 Å². The van der Waals surface area contributed by atoms with Crippen LogP contribution < -0.4 is 0 Å². The van der Waals surface area contributed by atoms with E-state index < -0.39 is 0 Å². The Morgan fingerprint density at radius 1 is 1.04 bits per heavy atom. The average molecular weight is 349 g/mol. The number of phenols is 1. The number of aromatic hydroxyl groups is 1. The molecular formula is C22H27N3O. The number of hydrogen-bond acceptors (Lipinski definition) is 3. The largest absolute Gasteiger partial charge is 0.508 e. The fourth-order valence-corrected chi connectivity index (χ4v) is 3.22. The van der Waals surface area contributed by atoms with Crippen molar-refractivity contribution in [2.45, 2.75) is 39.9 Å². The molecule has 0 spiro atoms. The highest BCUT2D eigenvalue weighted by molar-refractivity contribution is 5.35. The fraction of sp³-hybridized carbons (Fsp3) is 0.318. The third-order valence-electron chi connectivity index (χ3n) is 4.73. The average Bonchev–Trinajstić information content (AvgIpc) is 3.13. The van der Waals surface area contributed by atoms with E-state index in [2.05, 4.69) is 58.6 Å². The SMILES string of the molecule is Cc1ccc(O)c(CN(CCCn2ccnc2)Cc2ccccc2C)c1. The van der Waals surface area contributed by atoms with E-state index in [1.807, 2.05) is 24.8 Å². The first kappa shape index (κ1) is 18.2. The molecular weight excluding hydrogens is 322 g/mol. The molecule has 0 atom stereocenters. The van der Waals surface area contributed by atoms with E-state index in [9.17, 15) is 5.11 Å². The lowest BCUT2D eigenvalue weighted by atomic mass is 10.1. The summed E-state index contributed by atoms with van der Waals surface area (Å²) in [5, 5.41) is 10.2. The molecule has 0 fully saturated rings. The molecule has 0 saturated heterocycles. The van der Waals surface area contributed by atoms with Crippen LogP contribution in [-0.4, -0.2) is 26.1 Å². The lowest BCUT2D eigenvalue weighted by Gasteiger charge is -2.24. The van der Waals surface area contributed by atoms with E-state index in [0.29, 0.717) is 5.75 Å². The summed E-state index contributed by atoms with van der Waals surface area (Å²) in [6, 6.07) is 14.3. The molecule has 0 unspecified atom stereocenters. The molecule has 0 aliphatic rings. The summed E-state index contributed by atoms with van der Waals surface area (Å²) in [4.78, 5) is 6.52. The van der Waals surface area contributed by atoms with Crippen LogP contribution in [-0.2, 0) is 19.6 Å². The summed E-state index contributed by atoms with van der Waals surface area (Å²) >= 11 is 0. The van der Waals surface area contributed by atoms with Gasteiger partial charge in [-0.2, -0.15) is 0 Å². The third-order valence-corrected chi connectivity index (χ3v) is 4.73. The van der Waals surface area contributed by atoms with Crippen molar-refractivity contribution >= 4 is 0 Å². The Labute approximate surface area is 155 Å². The minimum Gasteiger partial charge on any atom is -0.508 e. The second kappa shape index (κ2) is 8.68. The predicted molar refractivity (Wildman–Crippen MR) is 105 cm³/mol. The highest BCUT2D eigenvalue weighted by atomic mass is 16.3. The smallest absolute Gasteiger partial charge is 0.120 e. The Hall–Kier alpha value is -2.59. The van der Waals surface area contributed by atoms with Crippen LogP contribution >= 0.6 is 0 Å². The first-order valence-corrected chi connectivity index (χ1v) is 9.13. The molecule has 4 nitrogen and oxygen atoms in total. The molecule has 1 N–H and O–H groups in total. The van der Waals surface area contributed by atoms with E-state index in [-0.39, 0.29) is 0 Å². The van der Waals surface area contributed by atoms with Gasteiger partial charge in [0.05, 0.1) is 6.33 Å². The van der Waals surface area contributed by atoms with Crippen LogP contribution in [0, 0.1) is 13.8 Å². The summed E-state index contributed by atoms with van der Waals surface area (Å²) in [5.41, 5.74) is 4.80. The zero-order valence-electron chi connectivity index (χ0n) is 15.6. The molecule has 0 radical (unpaired) electrons. The molecule has 4 heteroatoms. The summed E-state index contributed by atoms with van der Waals surface area (Å²) in [6.45, 7) is 7.75. The summed E-state index contributed by atoms with van der Waals surface area (Å²) < 4.78 is 2.11. The van der Waals surface area contributed by atoms with Gasteiger partial charge in [-0.25, -0.2) is 4.98 Å². The molecule has 26 heavy (non-hydrogen) atoms. The molecule has 0 bridgehead atoms. The van der Waals surface area contributed by atoms with Crippen molar-refractivity contribution in [1.82, 2.24) is 14.5 Å². The molecule has 1 heterocycles. The number of aromatic nitrogens is 2. The summed E-state index contributed by atoms with van der Waals surface area (Å²) in [7, 11) is 0. The maximum Gasteiger partial charge on any atom is 0.120 e. The van der Waals surface area contributed by atoms with Gasteiger partial charge in [0.25, 0.3) is 0 Å². The minimum absolute atomic E-state index is 0.375. The van der Waals surface area contributed by atoms with Gasteiger partial charge in [0.15, 0.2) is 0 Å². The number of rotatable bonds is 8. The Kier molecular flexibility index (Phi) is 6.08. The van der Waals surface area contributed by atoms with Crippen LogP contribution in [0.5, 0.6) is 5.75 Å². The Bertz CT molecular complexity index is 827. The van der Waals surface area contributed by atoms with Crippen molar-refractivity contribution < 1.29 is 5.11 Å². The van der Waals surface area contributed by atoms with Crippen LogP contribution in [0.15, 0.2) is 61.2 Å². The first-order valence-electron chi connectivity index (χ1n) is 9.13. The van der Waals surface area contributed by atoms with Crippen molar-refractivity contribution in [1.29, 1.82) is 0 Å². The van der Waals surface area contributed by atoms with Crippen LogP contribution in [0.25, 0.3) is 0 Å². The van der Waals surface area contributed by atoms with Crippen molar-refractivity contribution in [3.63, 3.8) is 0 Å². The normalized spacial score (nSPS) is 11.2. The number of phenolic OH excluding ortho intramolecular Hbond substituents is 1. The van der Waals surface area contributed by atoms with Crippen molar-refractivity contribution in [2.75, 3.05) is 6.54 Å². The standard InChI is InChI=1S/C22H27N3O/c1-18-8-9-22(26)21(14-18)16-25(12-5-11-24-13-10-23-17-24)15-20-7-4-3-6-19(20)2/h3-4,6-10,13-14,17,26H,5,11-12,15-16H2,1-2H3. The minimum atomic E-state index is 0.375. The van der Waals surface area contributed by atoms with Gasteiger partial charge in [-0.05, 0) is 37.5 Å². The molecule has 3 rings (SSSR count). The molecule has 2 aromatic carbocycles. The van der Waals surface area contributed by atoms with Gasteiger partial charge >= 0.3 is 0 Å². The zero-order chi connectivity index (χ0) is 18.4. The summed E-state index contributed by atoms with van der Waals surface area (Å²) in [6.07, 6.45) is 6.71. The van der Waals surface area contributed by atoms with Gasteiger partial charge < -0.3 is 9.67 Å². The predicted octanol–water partition coefficient (Wildman–Crippen LogP) is 4.30. The maximum atomic E-state index is 10.2. The summed E-state index contributed by atoms with van der Waals surface area (Å²) in [5.74, 6) is 0.375. The first-order chi connectivity index (χ1) is 12.6. The van der Waals surface area contributed by atoms with Crippen LogP contribution in [0.2, 0.25) is 0 Å². The van der Waals surface area contributed by atoms with Gasteiger partial charge in [-0.1, -0.05) is 42.0 Å². The van der Waals surface area contributed by atoms with E-state index >= 15 is 0 Å². The number of hydrogen-bond donors (Lipinski definition) is 1. The number of aryl methyl sites for hydroxylation is 3. The third kappa shape index (κ3) is 4.96. The lowest BCUT2D eigenvalue weighted by Crippen LogP contribution is -2.25. The quantitative estimate of drug-likeness (QED) is 0.659. The highest BCUT2D eigenvalue weighted by Gasteiger charge is 2.11. The molecule has 0 amide bonds. The number of benzene rings is 2. The van der Waals surface area contributed by atoms with Gasteiger partial charge in [-0.15, -0.1) is 0 Å². The second-order valence-corrected chi connectivity index (χ2v) is 6.92. The maximum absolute atomic E-state index is 10.2. The van der Waals surface area contributed by atoms with Crippen molar-refractivity contribution in [3.8, 4) is 5.75 Å². The molecule has 0 aliphatic heterocycles. The molecule has 0 aliphatic carbocycles. The monoisotopic (exact) mass is 349 g/mol. The van der Waals surface area contributed by atoms with E-state index in [0.717, 1.165) is 38.2 Å². The fourth-order valence-electron chi connectivity index (χ4n) is 3.22. The molecule has 0 saturated carbocycles. The molecule has 136 valence electrons. The Morgan fingerprint density at radius 2 is 1.85 bits per heavy atom. The van der Waals surface area contributed by atoms with Gasteiger partial charge in [0.1, 0.15) is 5.75 Å². The Morgan fingerprint density at radius 3 is 2.62 bits per heavy atom. The van der Waals surface area contributed by atoms with Gasteiger partial charge in [-0.3, -0.25) is 4.90 Å². The van der Waals surface area contributed by atoms with Crippen molar-refractivity contribution in [3.05, 3.63) is 83.4 Å². The number of nitrogens with zero attached hydrogens (tertiary/aromatic N) is 3. The highest BCUT2D eigenvalue weighted by Crippen LogP contribution is 2.22. The van der Waals surface area contributed by atoms with Crippen LogP contribution in [0.4, 0.5) is 0 Å². The zero-order valence-corrected chi connectivity index (χ0v) is 15.6. The van der Waals surface area contributed by atoms with Crippen molar-refractivity contribution in [2.24, 2.45) is 0 Å². The molecule has 3 aromatic rings. The van der Waals surface area contributed by atoms with Gasteiger partial charge in [0.2, 0.25) is 0 Å². The topological polar surface area (TPSA) is 41.3 Å². The van der Waals surface area contributed by atoms with Crippen LogP contribution in [0.1, 0.15) is 28.7 Å². The van der Waals surface area contributed by atoms with E-state index in [1.165, 1.54) is 16.7 Å².